The number of nitrogens with zero attached hydrogens (tertiary/aromatic N) is 1. The molecule has 0 saturated carbocycles. The van der Waals surface area contributed by atoms with E-state index in [-0.39, 0.29) is 28.4 Å². The predicted molar refractivity (Wildman–Crippen MR) is 138 cm³/mol. The molecule has 1 saturated heterocycles. The molecule has 0 bridgehead atoms. The number of methoxy groups -OCH3 is 1. The summed E-state index contributed by atoms with van der Waals surface area (Å²) in [6.45, 7) is 6.46. The van der Waals surface area contributed by atoms with Crippen molar-refractivity contribution in [2.45, 2.75) is 37.6 Å². The summed E-state index contributed by atoms with van der Waals surface area (Å²) in [5.41, 5.74) is 3.13. The lowest BCUT2D eigenvalue weighted by Crippen LogP contribution is -2.45. The van der Waals surface area contributed by atoms with Crippen LogP contribution in [0.4, 0.5) is 10.1 Å². The fraction of sp³-hybridized carbons (Fsp3) is 0.286. The van der Waals surface area contributed by atoms with Crippen molar-refractivity contribution in [2.75, 3.05) is 18.2 Å². The van der Waals surface area contributed by atoms with Crippen molar-refractivity contribution in [3.05, 3.63) is 95.3 Å². The Balaban J connectivity index is 1.65. The lowest BCUT2D eigenvalue weighted by atomic mass is 9.86. The number of halogens is 1. The van der Waals surface area contributed by atoms with Crippen LogP contribution in [0.2, 0.25) is 0 Å². The molecule has 1 aliphatic rings. The Labute approximate surface area is 209 Å². The van der Waals surface area contributed by atoms with Crippen LogP contribution in [0, 0.1) is 5.82 Å². The second-order valence-corrected chi connectivity index (χ2v) is 10.6. The van der Waals surface area contributed by atoms with Gasteiger partial charge in [0.05, 0.1) is 7.11 Å². The second kappa shape index (κ2) is 10.1. The lowest BCUT2D eigenvalue weighted by Gasteiger charge is -2.30. The molecule has 0 radical (unpaired) electrons. The monoisotopic (exact) mass is 492 g/mol. The van der Waals surface area contributed by atoms with Crippen molar-refractivity contribution in [1.82, 2.24) is 4.90 Å². The Kier molecular flexibility index (Phi) is 7.17. The number of anilines is 1. The molecule has 1 fully saturated rings. The van der Waals surface area contributed by atoms with Crippen molar-refractivity contribution in [3.8, 4) is 5.75 Å². The van der Waals surface area contributed by atoms with Crippen LogP contribution in [0.1, 0.15) is 47.6 Å². The molecule has 0 aromatic heterocycles. The highest BCUT2D eigenvalue weighted by Gasteiger charge is 2.42. The van der Waals surface area contributed by atoms with Crippen LogP contribution in [0.5, 0.6) is 5.75 Å². The molecule has 3 aromatic carbocycles. The summed E-state index contributed by atoms with van der Waals surface area (Å²) in [7, 11) is 1.57. The minimum atomic E-state index is -0.688. The van der Waals surface area contributed by atoms with Gasteiger partial charge in [0.2, 0.25) is 5.91 Å². The zero-order valence-electron chi connectivity index (χ0n) is 20.2. The number of hydrogen-bond acceptors (Lipinski definition) is 4. The molecule has 1 N–H and O–H groups in total. The molecule has 3 aromatic rings. The molecule has 1 heterocycles. The van der Waals surface area contributed by atoms with Crippen molar-refractivity contribution in [2.24, 2.45) is 0 Å². The molecule has 2 amide bonds. The van der Waals surface area contributed by atoms with Gasteiger partial charge < -0.3 is 15.0 Å². The number of hydrogen-bond donors (Lipinski definition) is 1. The molecule has 4 rings (SSSR count). The average molecular weight is 493 g/mol. The van der Waals surface area contributed by atoms with E-state index in [0.717, 1.165) is 5.56 Å². The highest BCUT2D eigenvalue weighted by molar-refractivity contribution is 7.99. The average Bonchev–Trinajstić information content (AvgIpc) is 3.30. The first-order valence-electron chi connectivity index (χ1n) is 11.4. The maximum Gasteiger partial charge on any atom is 0.255 e. The minimum Gasteiger partial charge on any atom is -0.497 e. The molecule has 2 atom stereocenters. The Morgan fingerprint density at radius 2 is 1.60 bits per heavy atom. The third kappa shape index (κ3) is 5.51. The van der Waals surface area contributed by atoms with E-state index in [4.69, 9.17) is 4.74 Å². The van der Waals surface area contributed by atoms with Gasteiger partial charge in [-0.25, -0.2) is 4.39 Å². The molecule has 1 aliphatic heterocycles. The van der Waals surface area contributed by atoms with Crippen LogP contribution in [-0.2, 0) is 10.2 Å². The second-order valence-electron chi connectivity index (χ2n) is 9.51. The van der Waals surface area contributed by atoms with Crippen LogP contribution in [0.25, 0.3) is 0 Å². The van der Waals surface area contributed by atoms with Gasteiger partial charge in [-0.3, -0.25) is 9.59 Å². The first-order valence-corrected chi connectivity index (χ1v) is 12.5. The van der Waals surface area contributed by atoms with Crippen LogP contribution < -0.4 is 10.1 Å². The quantitative estimate of drug-likeness (QED) is 0.473. The summed E-state index contributed by atoms with van der Waals surface area (Å²) in [4.78, 5) is 28.6. The summed E-state index contributed by atoms with van der Waals surface area (Å²) in [5, 5.41) is 2.52. The van der Waals surface area contributed by atoms with E-state index in [9.17, 15) is 14.0 Å². The van der Waals surface area contributed by atoms with Gasteiger partial charge in [-0.15, -0.1) is 11.8 Å². The highest BCUT2D eigenvalue weighted by atomic mass is 32.2. The van der Waals surface area contributed by atoms with E-state index in [2.05, 4.69) is 38.2 Å². The third-order valence-corrected chi connectivity index (χ3v) is 7.37. The summed E-state index contributed by atoms with van der Waals surface area (Å²) in [6, 6.07) is 20.0. The van der Waals surface area contributed by atoms with Gasteiger partial charge in [0, 0.05) is 17.0 Å². The van der Waals surface area contributed by atoms with E-state index in [1.807, 2.05) is 12.1 Å². The Hall–Kier alpha value is -3.32. The van der Waals surface area contributed by atoms with Crippen LogP contribution in [0.3, 0.4) is 0 Å². The smallest absolute Gasteiger partial charge is 0.255 e. The predicted octanol–water partition coefficient (Wildman–Crippen LogP) is 6.03. The molecule has 5 nitrogen and oxygen atoms in total. The van der Waals surface area contributed by atoms with Gasteiger partial charge in [-0.2, -0.15) is 0 Å². The maximum absolute atomic E-state index is 13.7. The van der Waals surface area contributed by atoms with Crippen LogP contribution in [-0.4, -0.2) is 35.6 Å². The summed E-state index contributed by atoms with van der Waals surface area (Å²) < 4.78 is 18.5. The van der Waals surface area contributed by atoms with Gasteiger partial charge in [0.15, 0.2) is 0 Å². The fourth-order valence-electron chi connectivity index (χ4n) is 4.00. The minimum absolute atomic E-state index is 0.0114. The van der Waals surface area contributed by atoms with Crippen LogP contribution >= 0.6 is 11.8 Å². The lowest BCUT2D eigenvalue weighted by molar-refractivity contribution is -0.119. The van der Waals surface area contributed by atoms with Gasteiger partial charge in [-0.05, 0) is 65.1 Å². The van der Waals surface area contributed by atoms with Gasteiger partial charge in [-0.1, -0.05) is 45.0 Å². The topological polar surface area (TPSA) is 58.6 Å². The van der Waals surface area contributed by atoms with Gasteiger partial charge in [0.1, 0.15) is 23.0 Å². The Morgan fingerprint density at radius 3 is 2.17 bits per heavy atom. The molecule has 0 spiro atoms. The number of benzene rings is 3. The molecule has 7 heteroatoms. The molecular weight excluding hydrogens is 463 g/mol. The Morgan fingerprint density at radius 1 is 0.971 bits per heavy atom. The number of amides is 2. The van der Waals surface area contributed by atoms with Gasteiger partial charge in [0.25, 0.3) is 5.91 Å². The van der Waals surface area contributed by atoms with Crippen molar-refractivity contribution in [3.63, 3.8) is 0 Å². The SMILES string of the molecule is COc1ccc(C(=O)N2C(C(=O)Nc3ccc(F)cc3)CSC2c2ccc(C(C)(C)C)cc2)cc1. The number of rotatable bonds is 5. The third-order valence-electron chi connectivity index (χ3n) is 6.05. The van der Waals surface area contributed by atoms with E-state index in [1.165, 1.54) is 29.8 Å². The van der Waals surface area contributed by atoms with E-state index < -0.39 is 6.04 Å². The Bertz CT molecular complexity index is 1190. The molecule has 35 heavy (non-hydrogen) atoms. The normalized spacial score (nSPS) is 17.8. The zero-order valence-corrected chi connectivity index (χ0v) is 21.1. The summed E-state index contributed by atoms with van der Waals surface area (Å²) in [6.07, 6.45) is 0. The molecule has 2 unspecified atom stereocenters. The van der Waals surface area contributed by atoms with E-state index in [1.54, 1.807) is 48.0 Å². The molecular formula is C28H29FN2O3S. The molecule has 182 valence electrons. The standard InChI is InChI=1S/C28H29FN2O3S/c1-28(2,3)20-9-5-19(6-10-20)27-31(26(33)18-7-15-23(34-4)16-8-18)24(17-35-27)25(32)30-22-13-11-21(29)12-14-22/h5-16,24,27H,17H2,1-4H3,(H,30,32). The van der Waals surface area contributed by atoms with Crippen molar-refractivity contribution in [1.29, 1.82) is 0 Å². The zero-order chi connectivity index (χ0) is 25.2. The highest BCUT2D eigenvalue weighted by Crippen LogP contribution is 2.43. The molecule has 0 aliphatic carbocycles. The number of nitrogens with one attached hydrogen (secondary N) is 1. The van der Waals surface area contributed by atoms with E-state index >= 15 is 0 Å². The fourth-order valence-corrected chi connectivity index (χ4v) is 5.43. The number of ether oxygens (including phenoxy) is 1. The number of thioether (sulfide) groups is 1. The van der Waals surface area contributed by atoms with Gasteiger partial charge >= 0.3 is 0 Å². The number of carbonyl (C=O) groups excluding carboxylic acids is 2. The van der Waals surface area contributed by atoms with Crippen molar-refractivity contribution < 1.29 is 18.7 Å². The van der Waals surface area contributed by atoms with Crippen LogP contribution in [0.15, 0.2) is 72.8 Å². The number of carbonyl (C=O) groups is 2. The first-order chi connectivity index (χ1) is 16.7. The largest absolute Gasteiger partial charge is 0.497 e. The van der Waals surface area contributed by atoms with Crippen molar-refractivity contribution >= 4 is 29.3 Å². The summed E-state index contributed by atoms with van der Waals surface area (Å²) in [5.74, 6) is 0.175. The first kappa shape index (κ1) is 24.8. The van der Waals surface area contributed by atoms with E-state index in [0.29, 0.717) is 22.8 Å². The maximum atomic E-state index is 13.7. The summed E-state index contributed by atoms with van der Waals surface area (Å²) >= 11 is 1.56.